The molecule has 2 aromatic rings. The van der Waals surface area contributed by atoms with Gasteiger partial charge in [-0.3, -0.25) is 14.6 Å². The molecule has 2 saturated heterocycles. The van der Waals surface area contributed by atoms with E-state index in [1.165, 1.54) is 16.8 Å². The molecule has 2 atom stereocenters. The molecule has 0 saturated carbocycles. The average Bonchev–Trinajstić information content (AvgIpc) is 2.90. The lowest BCUT2D eigenvalue weighted by Crippen LogP contribution is -2.61. The lowest BCUT2D eigenvalue weighted by atomic mass is 9.83. The van der Waals surface area contributed by atoms with Gasteiger partial charge in [0.25, 0.3) is 0 Å². The highest BCUT2D eigenvalue weighted by molar-refractivity contribution is 5.82. The third-order valence-corrected chi connectivity index (χ3v) is 7.66. The standard InChI is InChI=1S/C28H38N4O2/c33-28(29-12-6-13-30-17-19-34-20-18-30)25-21-24-9-4-5-10-26(24)32-16-15-31(22-27(25)32)14-11-23-7-2-1-3-8-23/h1-5,7-10,25,27H,6,11-22H2,(H,29,33). The minimum atomic E-state index is -0.00203. The van der Waals surface area contributed by atoms with Crippen molar-refractivity contribution in [2.24, 2.45) is 5.92 Å². The highest BCUT2D eigenvalue weighted by Gasteiger charge is 2.41. The summed E-state index contributed by atoms with van der Waals surface area (Å²) in [5.41, 5.74) is 4.02. The smallest absolute Gasteiger partial charge is 0.225 e. The van der Waals surface area contributed by atoms with Gasteiger partial charge in [-0.15, -0.1) is 0 Å². The maximum absolute atomic E-state index is 13.4. The molecule has 0 bridgehead atoms. The number of benzene rings is 2. The Hall–Kier alpha value is -2.41. The first-order chi connectivity index (χ1) is 16.8. The molecule has 1 amide bonds. The van der Waals surface area contributed by atoms with Crippen molar-refractivity contribution in [1.29, 1.82) is 0 Å². The van der Waals surface area contributed by atoms with Crippen LogP contribution in [0.3, 0.4) is 0 Å². The lowest BCUT2D eigenvalue weighted by molar-refractivity contribution is -0.126. The second kappa shape index (κ2) is 11.3. The summed E-state index contributed by atoms with van der Waals surface area (Å²) in [5, 5.41) is 3.29. The second-order valence-electron chi connectivity index (χ2n) is 9.83. The van der Waals surface area contributed by atoms with E-state index in [0.717, 1.165) is 84.8 Å². The van der Waals surface area contributed by atoms with Gasteiger partial charge >= 0.3 is 0 Å². The van der Waals surface area contributed by atoms with Gasteiger partial charge in [-0.2, -0.15) is 0 Å². The summed E-state index contributed by atoms with van der Waals surface area (Å²) in [6.45, 7) is 9.46. The Kier molecular flexibility index (Phi) is 7.79. The number of fused-ring (bicyclic) bond motifs is 3. The molecule has 3 aliphatic rings. The molecule has 6 heteroatoms. The van der Waals surface area contributed by atoms with Crippen LogP contribution in [0.15, 0.2) is 54.6 Å². The van der Waals surface area contributed by atoms with Crippen molar-refractivity contribution in [1.82, 2.24) is 15.1 Å². The number of amides is 1. The highest BCUT2D eigenvalue weighted by atomic mass is 16.5. The number of carbonyl (C=O) groups excluding carboxylic acids is 1. The second-order valence-corrected chi connectivity index (χ2v) is 9.83. The number of nitrogens with zero attached hydrogens (tertiary/aromatic N) is 3. The number of rotatable bonds is 8. The van der Waals surface area contributed by atoms with Gasteiger partial charge in [0, 0.05) is 51.5 Å². The van der Waals surface area contributed by atoms with Crippen LogP contribution in [0.1, 0.15) is 17.5 Å². The Bertz CT molecular complexity index is 931. The Labute approximate surface area is 203 Å². The van der Waals surface area contributed by atoms with Gasteiger partial charge in [0.2, 0.25) is 5.91 Å². The average molecular weight is 463 g/mol. The van der Waals surface area contributed by atoms with Crippen molar-refractivity contribution in [3.63, 3.8) is 0 Å². The van der Waals surface area contributed by atoms with Gasteiger partial charge in [0.1, 0.15) is 0 Å². The number of nitrogens with one attached hydrogen (secondary N) is 1. The number of para-hydroxylation sites is 1. The molecular weight excluding hydrogens is 424 g/mol. The van der Waals surface area contributed by atoms with E-state index in [-0.39, 0.29) is 17.9 Å². The minimum Gasteiger partial charge on any atom is -0.379 e. The molecule has 5 rings (SSSR count). The summed E-state index contributed by atoms with van der Waals surface area (Å²) in [6, 6.07) is 19.6. The molecule has 0 aliphatic carbocycles. The SMILES string of the molecule is O=C(NCCCN1CCOCC1)C1Cc2ccccc2N2CCN(CCc3ccccc3)CC12. The number of anilines is 1. The summed E-state index contributed by atoms with van der Waals surface area (Å²) in [6.07, 6.45) is 2.88. The maximum atomic E-state index is 13.4. The van der Waals surface area contributed by atoms with Gasteiger partial charge < -0.3 is 15.0 Å². The van der Waals surface area contributed by atoms with E-state index in [4.69, 9.17) is 4.74 Å². The molecular formula is C28H38N4O2. The number of piperazine rings is 1. The number of morpholine rings is 1. The fourth-order valence-electron chi connectivity index (χ4n) is 5.72. The van der Waals surface area contributed by atoms with E-state index in [0.29, 0.717) is 0 Å². The van der Waals surface area contributed by atoms with Crippen LogP contribution in [0.5, 0.6) is 0 Å². The van der Waals surface area contributed by atoms with E-state index >= 15 is 0 Å². The predicted molar refractivity (Wildman–Crippen MR) is 136 cm³/mol. The third-order valence-electron chi connectivity index (χ3n) is 7.66. The summed E-state index contributed by atoms with van der Waals surface area (Å²) in [4.78, 5) is 20.9. The van der Waals surface area contributed by atoms with E-state index < -0.39 is 0 Å². The molecule has 182 valence electrons. The first kappa shape index (κ1) is 23.3. The van der Waals surface area contributed by atoms with Crippen LogP contribution >= 0.6 is 0 Å². The van der Waals surface area contributed by atoms with E-state index in [1.54, 1.807) is 0 Å². The van der Waals surface area contributed by atoms with Crippen molar-refractivity contribution in [2.45, 2.75) is 25.3 Å². The molecule has 0 radical (unpaired) electrons. The van der Waals surface area contributed by atoms with Gasteiger partial charge in [-0.25, -0.2) is 0 Å². The fraction of sp³-hybridized carbons (Fsp3) is 0.536. The first-order valence-corrected chi connectivity index (χ1v) is 13.0. The molecule has 3 heterocycles. The van der Waals surface area contributed by atoms with Crippen LogP contribution in [-0.4, -0.2) is 87.3 Å². The highest BCUT2D eigenvalue weighted by Crippen LogP contribution is 2.36. The van der Waals surface area contributed by atoms with Crippen LogP contribution in [0.4, 0.5) is 5.69 Å². The molecule has 2 fully saturated rings. The minimum absolute atomic E-state index is 0.00203. The van der Waals surface area contributed by atoms with Crippen molar-refractivity contribution >= 4 is 11.6 Å². The molecule has 2 aromatic carbocycles. The largest absolute Gasteiger partial charge is 0.379 e. The number of hydrogen-bond donors (Lipinski definition) is 1. The zero-order valence-corrected chi connectivity index (χ0v) is 20.2. The first-order valence-electron chi connectivity index (χ1n) is 13.0. The van der Waals surface area contributed by atoms with Crippen molar-refractivity contribution in [3.8, 4) is 0 Å². The summed E-state index contributed by atoms with van der Waals surface area (Å²) >= 11 is 0. The molecule has 0 aromatic heterocycles. The van der Waals surface area contributed by atoms with Crippen molar-refractivity contribution < 1.29 is 9.53 Å². The molecule has 2 unspecified atom stereocenters. The van der Waals surface area contributed by atoms with Gasteiger partial charge in [0.15, 0.2) is 0 Å². The van der Waals surface area contributed by atoms with Crippen LogP contribution in [-0.2, 0) is 22.4 Å². The molecule has 0 spiro atoms. The third kappa shape index (κ3) is 5.62. The summed E-state index contributed by atoms with van der Waals surface area (Å²) in [7, 11) is 0. The zero-order valence-electron chi connectivity index (χ0n) is 20.2. The quantitative estimate of drug-likeness (QED) is 0.611. The Morgan fingerprint density at radius 1 is 0.912 bits per heavy atom. The lowest BCUT2D eigenvalue weighted by Gasteiger charge is -2.49. The van der Waals surface area contributed by atoms with Crippen LogP contribution in [0.2, 0.25) is 0 Å². The molecule has 6 nitrogen and oxygen atoms in total. The number of hydrogen-bond acceptors (Lipinski definition) is 5. The van der Waals surface area contributed by atoms with Crippen LogP contribution in [0, 0.1) is 5.92 Å². The fourth-order valence-corrected chi connectivity index (χ4v) is 5.72. The van der Waals surface area contributed by atoms with E-state index in [2.05, 4.69) is 74.6 Å². The summed E-state index contributed by atoms with van der Waals surface area (Å²) < 4.78 is 5.43. The van der Waals surface area contributed by atoms with Gasteiger partial charge in [-0.05, 0) is 43.0 Å². The monoisotopic (exact) mass is 462 g/mol. The van der Waals surface area contributed by atoms with Crippen LogP contribution in [0.25, 0.3) is 0 Å². The Morgan fingerprint density at radius 3 is 2.56 bits per heavy atom. The Balaban J connectivity index is 1.20. The van der Waals surface area contributed by atoms with Gasteiger partial charge in [0.05, 0.1) is 25.2 Å². The van der Waals surface area contributed by atoms with E-state index in [9.17, 15) is 4.79 Å². The van der Waals surface area contributed by atoms with E-state index in [1.807, 2.05) is 0 Å². The molecule has 3 aliphatic heterocycles. The van der Waals surface area contributed by atoms with Gasteiger partial charge in [-0.1, -0.05) is 48.5 Å². The normalized spacial score (nSPS) is 23.2. The topological polar surface area (TPSA) is 48.1 Å². The van der Waals surface area contributed by atoms with Crippen molar-refractivity contribution in [3.05, 3.63) is 65.7 Å². The van der Waals surface area contributed by atoms with Crippen molar-refractivity contribution in [2.75, 3.05) is 70.5 Å². The predicted octanol–water partition coefficient (Wildman–Crippen LogP) is 2.43. The zero-order chi connectivity index (χ0) is 23.2. The molecule has 34 heavy (non-hydrogen) atoms. The van der Waals surface area contributed by atoms with Crippen LogP contribution < -0.4 is 10.2 Å². The molecule has 1 N–H and O–H groups in total. The number of carbonyl (C=O) groups is 1. The summed E-state index contributed by atoms with van der Waals surface area (Å²) in [5.74, 6) is 0.217. The maximum Gasteiger partial charge on any atom is 0.225 e. The Morgan fingerprint density at radius 2 is 1.71 bits per heavy atom. The number of ether oxygens (including phenoxy) is 1.